The monoisotopic (exact) mass is 446 g/mol. The smallest absolute Gasteiger partial charge is 0.185 e. The average Bonchev–Trinajstić information content (AvgIpc) is 2.62. The number of hydrogen-bond acceptors (Lipinski definition) is 5. The van der Waals surface area contributed by atoms with Gasteiger partial charge in [-0.15, -0.1) is 12.4 Å². The minimum Gasteiger partial charge on any atom is -0.456 e. The zero-order valence-corrected chi connectivity index (χ0v) is 17.3. The fourth-order valence-corrected chi connectivity index (χ4v) is 5.29. The van der Waals surface area contributed by atoms with Gasteiger partial charge in [-0.3, -0.25) is 0 Å². The quantitative estimate of drug-likeness (QED) is 0.740. The highest BCUT2D eigenvalue weighted by Gasteiger charge is 2.32. The van der Waals surface area contributed by atoms with Gasteiger partial charge in [0.05, 0.1) is 16.9 Å². The van der Waals surface area contributed by atoms with E-state index in [9.17, 15) is 8.42 Å². The molecule has 0 saturated carbocycles. The van der Waals surface area contributed by atoms with Crippen LogP contribution in [-0.4, -0.2) is 26.8 Å². The van der Waals surface area contributed by atoms with Gasteiger partial charge in [-0.25, -0.2) is 8.42 Å². The molecule has 1 fully saturated rings. The van der Waals surface area contributed by atoms with E-state index in [1.54, 1.807) is 18.2 Å². The summed E-state index contributed by atoms with van der Waals surface area (Å²) >= 11 is 12.0. The van der Waals surface area contributed by atoms with Crippen LogP contribution in [0.3, 0.4) is 0 Å². The Morgan fingerprint density at radius 3 is 2.30 bits per heavy atom. The topological polar surface area (TPSA) is 79.2 Å². The van der Waals surface area contributed by atoms with E-state index in [0.29, 0.717) is 41.7 Å². The maximum absolute atomic E-state index is 13.1. The lowest BCUT2D eigenvalue weighted by atomic mass is 10.2. The molecule has 0 aromatic heterocycles. The predicted molar refractivity (Wildman–Crippen MR) is 108 cm³/mol. The van der Waals surface area contributed by atoms with Crippen LogP contribution in [0.2, 0.25) is 10.0 Å². The molecule has 1 heterocycles. The van der Waals surface area contributed by atoms with E-state index in [2.05, 4.69) is 5.32 Å². The van der Waals surface area contributed by atoms with E-state index in [4.69, 9.17) is 33.2 Å². The molecule has 1 aliphatic rings. The minimum absolute atomic E-state index is 0. The van der Waals surface area contributed by atoms with Crippen molar-refractivity contribution in [3.8, 4) is 17.6 Å². The summed E-state index contributed by atoms with van der Waals surface area (Å²) in [6, 6.07) is 11.0. The number of halogens is 3. The molecule has 9 heteroatoms. The highest BCUT2D eigenvalue weighted by molar-refractivity contribution is 7.92. The molecule has 0 amide bonds. The summed E-state index contributed by atoms with van der Waals surface area (Å²) in [5.74, 6) is 0.481. The molecule has 0 unspecified atom stereocenters. The molecule has 0 atom stereocenters. The third kappa shape index (κ3) is 5.07. The Bertz CT molecular complexity index is 948. The van der Waals surface area contributed by atoms with Crippen molar-refractivity contribution in [3.05, 3.63) is 52.0 Å². The SMILES string of the molecule is Cl.N#Cc1ccc(Oc2cc(Cl)cc(Cl)c2)c(S(=O)(=O)C2CCNCC2)c1. The van der Waals surface area contributed by atoms with Gasteiger partial charge in [0.15, 0.2) is 9.84 Å². The van der Waals surface area contributed by atoms with Crippen molar-refractivity contribution < 1.29 is 13.2 Å². The standard InChI is InChI=1S/C18H16Cl2N2O3S.ClH/c19-13-8-14(20)10-15(9-13)25-17-2-1-12(11-21)7-18(17)26(23,24)16-3-5-22-6-4-16;/h1-2,7-10,16,22H,3-6H2;1H. The third-order valence-electron chi connectivity index (χ3n) is 4.17. The average molecular weight is 448 g/mol. The summed E-state index contributed by atoms with van der Waals surface area (Å²) in [6.45, 7) is 1.28. The van der Waals surface area contributed by atoms with Crippen LogP contribution in [0.5, 0.6) is 11.5 Å². The summed E-state index contributed by atoms with van der Waals surface area (Å²) in [5.41, 5.74) is 0.258. The Morgan fingerprint density at radius 1 is 1.07 bits per heavy atom. The second-order valence-electron chi connectivity index (χ2n) is 5.97. The van der Waals surface area contributed by atoms with Crippen LogP contribution < -0.4 is 10.1 Å². The fraction of sp³-hybridized carbons (Fsp3) is 0.278. The van der Waals surface area contributed by atoms with E-state index in [-0.39, 0.29) is 28.6 Å². The van der Waals surface area contributed by atoms with Crippen LogP contribution in [0.1, 0.15) is 18.4 Å². The maximum Gasteiger partial charge on any atom is 0.185 e. The highest BCUT2D eigenvalue weighted by atomic mass is 35.5. The van der Waals surface area contributed by atoms with Gasteiger partial charge in [-0.2, -0.15) is 5.26 Å². The van der Waals surface area contributed by atoms with Gasteiger partial charge in [0.1, 0.15) is 16.4 Å². The molecule has 2 aromatic carbocycles. The molecule has 27 heavy (non-hydrogen) atoms. The summed E-state index contributed by atoms with van der Waals surface area (Å²) < 4.78 is 32.0. The Morgan fingerprint density at radius 2 is 1.70 bits per heavy atom. The molecule has 1 N–H and O–H groups in total. The van der Waals surface area contributed by atoms with E-state index in [1.165, 1.54) is 18.2 Å². The first-order valence-electron chi connectivity index (χ1n) is 8.03. The number of benzene rings is 2. The van der Waals surface area contributed by atoms with Gasteiger partial charge in [-0.1, -0.05) is 23.2 Å². The van der Waals surface area contributed by atoms with Crippen LogP contribution in [0.15, 0.2) is 41.3 Å². The van der Waals surface area contributed by atoms with Crippen LogP contribution in [-0.2, 0) is 9.84 Å². The van der Waals surface area contributed by atoms with Crippen LogP contribution >= 0.6 is 35.6 Å². The predicted octanol–water partition coefficient (Wildman–Crippen LogP) is 4.60. The van der Waals surface area contributed by atoms with Gasteiger partial charge >= 0.3 is 0 Å². The Labute approximate surface area is 174 Å². The van der Waals surface area contributed by atoms with Crippen LogP contribution in [0.4, 0.5) is 0 Å². The number of nitriles is 1. The summed E-state index contributed by atoms with van der Waals surface area (Å²) in [7, 11) is -3.65. The molecule has 1 aliphatic heterocycles. The maximum atomic E-state index is 13.1. The van der Waals surface area contributed by atoms with Gasteiger partial charge in [0.2, 0.25) is 0 Å². The molecule has 144 valence electrons. The number of hydrogen-bond donors (Lipinski definition) is 1. The number of nitrogens with zero attached hydrogens (tertiary/aromatic N) is 1. The highest BCUT2D eigenvalue weighted by Crippen LogP contribution is 2.35. The first-order valence-corrected chi connectivity index (χ1v) is 10.3. The van der Waals surface area contributed by atoms with Crippen molar-refractivity contribution in [2.24, 2.45) is 0 Å². The normalized spacial score (nSPS) is 14.9. The number of ether oxygens (including phenoxy) is 1. The van der Waals surface area contributed by atoms with Crippen LogP contribution in [0.25, 0.3) is 0 Å². The molecule has 5 nitrogen and oxygen atoms in total. The second kappa shape index (κ2) is 9.13. The Balaban J connectivity index is 0.00000261. The number of rotatable bonds is 4. The molecule has 2 aromatic rings. The van der Waals surface area contributed by atoms with Crippen molar-refractivity contribution in [2.45, 2.75) is 23.0 Å². The zero-order valence-electron chi connectivity index (χ0n) is 14.1. The molecular formula is C18H17Cl3N2O3S. The first-order chi connectivity index (χ1) is 12.4. The van der Waals surface area contributed by atoms with Gasteiger partial charge in [0, 0.05) is 10.0 Å². The Kier molecular flexibility index (Phi) is 7.38. The lowest BCUT2D eigenvalue weighted by molar-refractivity contribution is 0.461. The van der Waals surface area contributed by atoms with Crippen LogP contribution in [0, 0.1) is 11.3 Å². The van der Waals surface area contributed by atoms with Crippen molar-refractivity contribution in [2.75, 3.05) is 13.1 Å². The van der Waals surface area contributed by atoms with E-state index < -0.39 is 15.1 Å². The van der Waals surface area contributed by atoms with E-state index in [0.717, 1.165) is 0 Å². The summed E-state index contributed by atoms with van der Waals surface area (Å²) in [6.07, 6.45) is 1.03. The van der Waals surface area contributed by atoms with Crippen molar-refractivity contribution >= 4 is 45.4 Å². The van der Waals surface area contributed by atoms with Gasteiger partial charge in [-0.05, 0) is 62.3 Å². The Hall–Kier alpha value is -1.49. The number of piperidine rings is 1. The second-order valence-corrected chi connectivity index (χ2v) is 9.04. The number of sulfone groups is 1. The van der Waals surface area contributed by atoms with Crippen molar-refractivity contribution in [1.82, 2.24) is 5.32 Å². The lowest BCUT2D eigenvalue weighted by Gasteiger charge is -2.24. The first kappa shape index (κ1) is 21.8. The third-order valence-corrected chi connectivity index (χ3v) is 6.89. The molecule has 0 aliphatic carbocycles. The lowest BCUT2D eigenvalue weighted by Crippen LogP contribution is -2.35. The minimum atomic E-state index is -3.65. The molecule has 0 spiro atoms. The molecule has 3 rings (SSSR count). The van der Waals surface area contributed by atoms with Crippen molar-refractivity contribution in [1.29, 1.82) is 5.26 Å². The van der Waals surface area contributed by atoms with E-state index >= 15 is 0 Å². The molecular weight excluding hydrogens is 431 g/mol. The fourth-order valence-electron chi connectivity index (χ4n) is 2.88. The van der Waals surface area contributed by atoms with Gasteiger partial charge < -0.3 is 10.1 Å². The zero-order chi connectivity index (χ0) is 18.7. The molecule has 1 saturated heterocycles. The number of nitrogens with one attached hydrogen (secondary N) is 1. The molecule has 0 bridgehead atoms. The van der Waals surface area contributed by atoms with E-state index in [1.807, 2.05) is 6.07 Å². The van der Waals surface area contributed by atoms with Gasteiger partial charge in [0.25, 0.3) is 0 Å². The summed E-state index contributed by atoms with van der Waals surface area (Å²) in [4.78, 5) is 0.0135. The van der Waals surface area contributed by atoms with Crippen molar-refractivity contribution in [3.63, 3.8) is 0 Å². The largest absolute Gasteiger partial charge is 0.456 e. The summed E-state index contributed by atoms with van der Waals surface area (Å²) in [5, 5.41) is 12.6. The molecule has 0 radical (unpaired) electrons.